The van der Waals surface area contributed by atoms with Crippen molar-refractivity contribution in [2.45, 2.75) is 33.1 Å². The molecule has 0 aromatic heterocycles. The number of hydrogen-bond donors (Lipinski definition) is 2. The molecule has 1 aromatic carbocycles. The van der Waals surface area contributed by atoms with Crippen LogP contribution >= 0.6 is 11.6 Å². The quantitative estimate of drug-likeness (QED) is 0.890. The summed E-state index contributed by atoms with van der Waals surface area (Å²) in [7, 11) is 0. The number of amides is 1. The van der Waals surface area contributed by atoms with Crippen molar-refractivity contribution in [2.24, 2.45) is 11.8 Å². The molecule has 1 aliphatic heterocycles. The predicted molar refractivity (Wildman–Crippen MR) is 84.2 cm³/mol. The number of anilines is 1. The van der Waals surface area contributed by atoms with E-state index in [1.165, 1.54) is 12.8 Å². The minimum Gasteiger partial charge on any atom is -0.326 e. The summed E-state index contributed by atoms with van der Waals surface area (Å²) in [5.41, 5.74) is 1.80. The number of halogens is 1. The smallest absolute Gasteiger partial charge is 0.224 e. The highest BCUT2D eigenvalue weighted by Crippen LogP contribution is 2.25. The van der Waals surface area contributed by atoms with Crippen LogP contribution in [0.5, 0.6) is 0 Å². The van der Waals surface area contributed by atoms with Crippen LogP contribution in [0, 0.1) is 18.8 Å². The number of nitrogens with one attached hydrogen (secondary N) is 2. The fourth-order valence-corrected chi connectivity index (χ4v) is 2.94. The molecule has 0 aliphatic carbocycles. The maximum Gasteiger partial charge on any atom is 0.224 e. The van der Waals surface area contributed by atoms with Crippen LogP contribution < -0.4 is 10.6 Å². The van der Waals surface area contributed by atoms with E-state index in [0.717, 1.165) is 24.3 Å². The normalized spacial score (nSPS) is 17.8. The van der Waals surface area contributed by atoms with Gasteiger partial charge < -0.3 is 10.6 Å². The Labute approximate surface area is 126 Å². The standard InChI is InChI=1S/C16H23ClN2O/c1-11-3-4-14(10-15(11)17)19-16(20)9-12(2)13-5-7-18-8-6-13/h3-4,10,12-13,18H,5-9H2,1-2H3,(H,19,20). The van der Waals surface area contributed by atoms with Gasteiger partial charge in [-0.3, -0.25) is 4.79 Å². The average molecular weight is 295 g/mol. The third-order valence-corrected chi connectivity index (χ3v) is 4.56. The number of carbonyl (C=O) groups excluding carboxylic acids is 1. The number of aryl methyl sites for hydroxylation is 1. The second-order valence-electron chi connectivity index (χ2n) is 5.78. The largest absolute Gasteiger partial charge is 0.326 e. The summed E-state index contributed by atoms with van der Waals surface area (Å²) in [5.74, 6) is 1.16. The molecule has 0 saturated carbocycles. The summed E-state index contributed by atoms with van der Waals surface area (Å²) in [6.45, 7) is 6.28. The first-order valence-electron chi connectivity index (χ1n) is 7.33. The molecule has 2 rings (SSSR count). The molecule has 1 aliphatic rings. The lowest BCUT2D eigenvalue weighted by atomic mass is 9.84. The van der Waals surface area contributed by atoms with E-state index in [9.17, 15) is 4.79 Å². The van der Waals surface area contributed by atoms with Gasteiger partial charge in [0, 0.05) is 17.1 Å². The highest BCUT2D eigenvalue weighted by molar-refractivity contribution is 6.31. The number of benzene rings is 1. The Morgan fingerprint density at radius 2 is 2.15 bits per heavy atom. The number of rotatable bonds is 4. The van der Waals surface area contributed by atoms with E-state index in [-0.39, 0.29) is 5.91 Å². The van der Waals surface area contributed by atoms with Crippen LogP contribution in [-0.2, 0) is 4.79 Å². The molecule has 2 N–H and O–H groups in total. The van der Waals surface area contributed by atoms with Gasteiger partial charge in [0.25, 0.3) is 0 Å². The lowest BCUT2D eigenvalue weighted by Crippen LogP contribution is -2.32. The maximum absolute atomic E-state index is 12.1. The topological polar surface area (TPSA) is 41.1 Å². The van der Waals surface area contributed by atoms with Crippen LogP contribution in [0.1, 0.15) is 31.7 Å². The Bertz CT molecular complexity index is 470. The molecule has 4 heteroatoms. The first-order chi connectivity index (χ1) is 9.56. The molecule has 110 valence electrons. The van der Waals surface area contributed by atoms with E-state index in [1.807, 2.05) is 25.1 Å². The van der Waals surface area contributed by atoms with Crippen LogP contribution in [0.25, 0.3) is 0 Å². The van der Waals surface area contributed by atoms with Gasteiger partial charge in [-0.25, -0.2) is 0 Å². The second-order valence-corrected chi connectivity index (χ2v) is 6.19. The minimum atomic E-state index is 0.0796. The molecular formula is C16H23ClN2O. The van der Waals surface area contributed by atoms with Crippen LogP contribution in [-0.4, -0.2) is 19.0 Å². The molecule has 1 fully saturated rings. The minimum absolute atomic E-state index is 0.0796. The van der Waals surface area contributed by atoms with E-state index >= 15 is 0 Å². The van der Waals surface area contributed by atoms with Gasteiger partial charge in [0.2, 0.25) is 5.91 Å². The summed E-state index contributed by atoms with van der Waals surface area (Å²) in [5, 5.41) is 6.99. The van der Waals surface area contributed by atoms with E-state index < -0.39 is 0 Å². The van der Waals surface area contributed by atoms with Crippen molar-refractivity contribution in [1.29, 1.82) is 0 Å². The Morgan fingerprint density at radius 1 is 1.45 bits per heavy atom. The molecule has 1 saturated heterocycles. The van der Waals surface area contributed by atoms with Crippen molar-refractivity contribution in [3.8, 4) is 0 Å². The SMILES string of the molecule is Cc1ccc(NC(=O)CC(C)C2CCNCC2)cc1Cl. The van der Waals surface area contributed by atoms with Crippen molar-refractivity contribution < 1.29 is 4.79 Å². The fraction of sp³-hybridized carbons (Fsp3) is 0.562. The van der Waals surface area contributed by atoms with E-state index in [2.05, 4.69) is 17.6 Å². The zero-order valence-corrected chi connectivity index (χ0v) is 13.0. The van der Waals surface area contributed by atoms with Crippen LogP contribution in [0.4, 0.5) is 5.69 Å². The first-order valence-corrected chi connectivity index (χ1v) is 7.71. The molecule has 1 amide bonds. The van der Waals surface area contributed by atoms with Crippen molar-refractivity contribution in [2.75, 3.05) is 18.4 Å². The van der Waals surface area contributed by atoms with Crippen LogP contribution in [0.2, 0.25) is 5.02 Å². The highest BCUT2D eigenvalue weighted by atomic mass is 35.5. The van der Waals surface area contributed by atoms with Crippen molar-refractivity contribution in [3.63, 3.8) is 0 Å². The molecule has 3 nitrogen and oxygen atoms in total. The van der Waals surface area contributed by atoms with E-state index in [4.69, 9.17) is 11.6 Å². The molecule has 1 unspecified atom stereocenters. The fourth-order valence-electron chi connectivity index (χ4n) is 2.76. The summed E-state index contributed by atoms with van der Waals surface area (Å²) in [4.78, 5) is 12.1. The molecule has 0 spiro atoms. The molecule has 1 aromatic rings. The van der Waals surface area contributed by atoms with Crippen LogP contribution in [0.15, 0.2) is 18.2 Å². The molecule has 0 radical (unpaired) electrons. The van der Waals surface area contributed by atoms with E-state index in [0.29, 0.717) is 23.3 Å². The summed E-state index contributed by atoms with van der Waals surface area (Å²) in [6, 6.07) is 5.63. The van der Waals surface area contributed by atoms with Gasteiger partial charge in [-0.15, -0.1) is 0 Å². The van der Waals surface area contributed by atoms with Gasteiger partial charge in [-0.2, -0.15) is 0 Å². The Morgan fingerprint density at radius 3 is 2.80 bits per heavy atom. The molecule has 1 atom stereocenters. The van der Waals surface area contributed by atoms with Gasteiger partial charge in [-0.1, -0.05) is 24.6 Å². The zero-order valence-electron chi connectivity index (χ0n) is 12.2. The van der Waals surface area contributed by atoms with Gasteiger partial charge in [0.1, 0.15) is 0 Å². The number of piperidine rings is 1. The predicted octanol–water partition coefficient (Wildman–Crippen LogP) is 3.61. The third-order valence-electron chi connectivity index (χ3n) is 4.15. The lowest BCUT2D eigenvalue weighted by molar-refractivity contribution is -0.117. The number of carbonyl (C=O) groups is 1. The van der Waals surface area contributed by atoms with Gasteiger partial charge in [-0.05, 0) is 62.4 Å². The Hall–Kier alpha value is -1.06. The second kappa shape index (κ2) is 7.09. The van der Waals surface area contributed by atoms with Gasteiger partial charge >= 0.3 is 0 Å². The first kappa shape index (κ1) is 15.3. The maximum atomic E-state index is 12.1. The monoisotopic (exact) mass is 294 g/mol. The highest BCUT2D eigenvalue weighted by Gasteiger charge is 2.22. The summed E-state index contributed by atoms with van der Waals surface area (Å²) < 4.78 is 0. The van der Waals surface area contributed by atoms with Crippen molar-refractivity contribution in [3.05, 3.63) is 28.8 Å². The summed E-state index contributed by atoms with van der Waals surface area (Å²) >= 11 is 6.07. The molecule has 1 heterocycles. The summed E-state index contributed by atoms with van der Waals surface area (Å²) in [6.07, 6.45) is 2.92. The average Bonchev–Trinajstić information content (AvgIpc) is 2.44. The van der Waals surface area contributed by atoms with Gasteiger partial charge in [0.05, 0.1) is 0 Å². The lowest BCUT2D eigenvalue weighted by Gasteiger charge is -2.27. The molecule has 20 heavy (non-hydrogen) atoms. The zero-order chi connectivity index (χ0) is 14.5. The molecular weight excluding hydrogens is 272 g/mol. The number of hydrogen-bond acceptors (Lipinski definition) is 2. The Kier molecular flexibility index (Phi) is 5.44. The van der Waals surface area contributed by atoms with Crippen molar-refractivity contribution >= 4 is 23.2 Å². The third kappa shape index (κ3) is 4.22. The van der Waals surface area contributed by atoms with Crippen LogP contribution in [0.3, 0.4) is 0 Å². The Balaban J connectivity index is 1.86. The van der Waals surface area contributed by atoms with E-state index in [1.54, 1.807) is 0 Å². The molecule has 0 bridgehead atoms. The van der Waals surface area contributed by atoms with Crippen molar-refractivity contribution in [1.82, 2.24) is 5.32 Å². The van der Waals surface area contributed by atoms with Gasteiger partial charge in [0.15, 0.2) is 0 Å².